The van der Waals surface area contributed by atoms with Crippen molar-refractivity contribution in [1.82, 2.24) is 5.32 Å². The van der Waals surface area contributed by atoms with Crippen LogP contribution in [0.15, 0.2) is 15.9 Å². The van der Waals surface area contributed by atoms with E-state index in [1.165, 1.54) is 35.0 Å². The van der Waals surface area contributed by atoms with Crippen molar-refractivity contribution >= 4 is 43.2 Å². The normalized spacial score (nSPS) is 10.8. The van der Waals surface area contributed by atoms with E-state index in [-0.39, 0.29) is 0 Å². The highest BCUT2D eigenvalue weighted by Gasteiger charge is 1.99. The minimum atomic E-state index is 0.997. The summed E-state index contributed by atoms with van der Waals surface area (Å²) in [5.41, 5.74) is 0. The molecule has 86 valence electrons. The lowest BCUT2D eigenvalue weighted by molar-refractivity contribution is 0.602. The molecule has 0 bridgehead atoms. The highest BCUT2D eigenvalue weighted by Crippen LogP contribution is 2.22. The minimum Gasteiger partial charge on any atom is -0.312 e. The summed E-state index contributed by atoms with van der Waals surface area (Å²) in [5.74, 6) is 0. The Morgan fingerprint density at radius 3 is 2.67 bits per heavy atom. The lowest BCUT2D eigenvalue weighted by Crippen LogP contribution is -2.13. The molecule has 0 unspecified atom stereocenters. The van der Waals surface area contributed by atoms with Gasteiger partial charge in [-0.25, -0.2) is 0 Å². The molecule has 1 aromatic rings. The van der Waals surface area contributed by atoms with Crippen molar-refractivity contribution in [3.05, 3.63) is 20.8 Å². The van der Waals surface area contributed by atoms with Gasteiger partial charge in [0.15, 0.2) is 0 Å². The molecule has 0 aliphatic rings. The Hall–Kier alpha value is 0.620. The van der Waals surface area contributed by atoms with Gasteiger partial charge in [-0.2, -0.15) is 0 Å². The second kappa shape index (κ2) is 8.74. The first-order valence-electron chi connectivity index (χ1n) is 5.33. The SMILES string of the molecule is BrCCCCCCNCc1sccc1Br. The van der Waals surface area contributed by atoms with Crippen LogP contribution in [0.5, 0.6) is 0 Å². The second-order valence-electron chi connectivity index (χ2n) is 3.47. The maximum Gasteiger partial charge on any atom is 0.0327 e. The van der Waals surface area contributed by atoms with E-state index >= 15 is 0 Å². The molecule has 0 fully saturated rings. The van der Waals surface area contributed by atoms with Gasteiger partial charge in [0, 0.05) is 21.2 Å². The predicted molar refractivity (Wildman–Crippen MR) is 76.0 cm³/mol. The van der Waals surface area contributed by atoms with E-state index in [0.717, 1.165) is 18.4 Å². The van der Waals surface area contributed by atoms with Crippen molar-refractivity contribution in [2.24, 2.45) is 0 Å². The van der Waals surface area contributed by atoms with E-state index in [2.05, 4.69) is 48.6 Å². The fourth-order valence-electron chi connectivity index (χ4n) is 1.35. The lowest BCUT2D eigenvalue weighted by Gasteiger charge is -2.03. The Labute approximate surface area is 113 Å². The van der Waals surface area contributed by atoms with Gasteiger partial charge in [0.2, 0.25) is 0 Å². The third-order valence-corrected chi connectivity index (χ3v) is 4.70. The van der Waals surface area contributed by atoms with Gasteiger partial charge in [0.05, 0.1) is 0 Å². The Morgan fingerprint density at radius 2 is 2.00 bits per heavy atom. The van der Waals surface area contributed by atoms with Crippen LogP contribution in [0.3, 0.4) is 0 Å². The fourth-order valence-corrected chi connectivity index (χ4v) is 3.21. The quantitative estimate of drug-likeness (QED) is 0.533. The van der Waals surface area contributed by atoms with Crippen LogP contribution in [-0.2, 0) is 6.54 Å². The fraction of sp³-hybridized carbons (Fsp3) is 0.636. The smallest absolute Gasteiger partial charge is 0.0327 e. The largest absolute Gasteiger partial charge is 0.312 e. The summed E-state index contributed by atoms with van der Waals surface area (Å²) in [7, 11) is 0. The third-order valence-electron chi connectivity index (χ3n) is 2.21. The molecule has 1 heterocycles. The number of alkyl halides is 1. The van der Waals surface area contributed by atoms with Crippen molar-refractivity contribution in [2.45, 2.75) is 32.2 Å². The molecule has 0 spiro atoms. The molecule has 0 aliphatic carbocycles. The van der Waals surface area contributed by atoms with Crippen LogP contribution in [0.25, 0.3) is 0 Å². The van der Waals surface area contributed by atoms with Crippen molar-refractivity contribution in [3.8, 4) is 0 Å². The zero-order chi connectivity index (χ0) is 10.9. The van der Waals surface area contributed by atoms with Crippen LogP contribution in [0.4, 0.5) is 0 Å². The molecule has 1 N–H and O–H groups in total. The van der Waals surface area contributed by atoms with E-state index in [1.54, 1.807) is 11.3 Å². The van der Waals surface area contributed by atoms with Gasteiger partial charge in [-0.3, -0.25) is 0 Å². The molecular formula is C11H17Br2NS. The zero-order valence-corrected chi connectivity index (χ0v) is 12.8. The highest BCUT2D eigenvalue weighted by atomic mass is 79.9. The number of nitrogens with one attached hydrogen (secondary N) is 1. The Balaban J connectivity index is 1.96. The molecule has 4 heteroatoms. The van der Waals surface area contributed by atoms with Crippen LogP contribution in [0.1, 0.15) is 30.6 Å². The molecule has 1 nitrogen and oxygen atoms in total. The summed E-state index contributed by atoms with van der Waals surface area (Å²) in [6, 6.07) is 2.11. The number of hydrogen-bond donors (Lipinski definition) is 1. The summed E-state index contributed by atoms with van der Waals surface area (Å²) < 4.78 is 1.24. The summed E-state index contributed by atoms with van der Waals surface area (Å²) in [4.78, 5) is 1.40. The highest BCUT2D eigenvalue weighted by molar-refractivity contribution is 9.10. The number of unbranched alkanes of at least 4 members (excludes halogenated alkanes) is 3. The molecular weight excluding hydrogens is 338 g/mol. The Kier molecular flexibility index (Phi) is 7.97. The van der Waals surface area contributed by atoms with Gasteiger partial charge >= 0.3 is 0 Å². The Bertz CT molecular complexity index is 263. The molecule has 0 atom stereocenters. The molecule has 15 heavy (non-hydrogen) atoms. The second-order valence-corrected chi connectivity index (χ2v) is 6.12. The first kappa shape index (κ1) is 13.7. The third kappa shape index (κ3) is 6.05. The Morgan fingerprint density at radius 1 is 1.20 bits per heavy atom. The number of thiophene rings is 1. The van der Waals surface area contributed by atoms with Crippen LogP contribution in [-0.4, -0.2) is 11.9 Å². The van der Waals surface area contributed by atoms with Crippen LogP contribution in [0.2, 0.25) is 0 Å². The first-order chi connectivity index (χ1) is 7.34. The minimum absolute atomic E-state index is 0.997. The monoisotopic (exact) mass is 353 g/mol. The molecule has 0 aromatic carbocycles. The first-order valence-corrected chi connectivity index (χ1v) is 8.12. The molecule has 0 radical (unpaired) electrons. The van der Waals surface area contributed by atoms with Gasteiger partial charge in [0.25, 0.3) is 0 Å². The van der Waals surface area contributed by atoms with Crippen molar-refractivity contribution in [1.29, 1.82) is 0 Å². The maximum atomic E-state index is 3.53. The van der Waals surface area contributed by atoms with E-state index in [9.17, 15) is 0 Å². The van der Waals surface area contributed by atoms with Gasteiger partial charge in [-0.15, -0.1) is 11.3 Å². The topological polar surface area (TPSA) is 12.0 Å². The average molecular weight is 355 g/mol. The van der Waals surface area contributed by atoms with Gasteiger partial charge in [-0.05, 0) is 46.8 Å². The van der Waals surface area contributed by atoms with E-state index in [1.807, 2.05) is 0 Å². The molecule has 0 aliphatic heterocycles. The number of rotatable bonds is 8. The van der Waals surface area contributed by atoms with Crippen LogP contribution >= 0.6 is 43.2 Å². The van der Waals surface area contributed by atoms with Crippen molar-refractivity contribution < 1.29 is 0 Å². The van der Waals surface area contributed by atoms with Gasteiger partial charge in [0.1, 0.15) is 0 Å². The van der Waals surface area contributed by atoms with Gasteiger partial charge < -0.3 is 5.32 Å². The van der Waals surface area contributed by atoms with Crippen LogP contribution in [0, 0.1) is 0 Å². The van der Waals surface area contributed by atoms with Gasteiger partial charge in [-0.1, -0.05) is 28.8 Å². The molecule has 0 saturated heterocycles. The van der Waals surface area contributed by atoms with E-state index in [4.69, 9.17) is 0 Å². The standard InChI is InChI=1S/C11H17Br2NS/c12-6-3-1-2-4-7-14-9-11-10(13)5-8-15-11/h5,8,14H,1-4,6-7,9H2. The van der Waals surface area contributed by atoms with Crippen molar-refractivity contribution in [3.63, 3.8) is 0 Å². The molecule has 0 saturated carbocycles. The summed E-state index contributed by atoms with van der Waals surface area (Å²) in [6.45, 7) is 2.13. The maximum absolute atomic E-state index is 3.53. The van der Waals surface area contributed by atoms with E-state index in [0.29, 0.717) is 0 Å². The lowest BCUT2D eigenvalue weighted by atomic mass is 10.2. The summed E-state index contributed by atoms with van der Waals surface area (Å²) in [6.07, 6.45) is 5.27. The number of hydrogen-bond acceptors (Lipinski definition) is 2. The zero-order valence-electron chi connectivity index (χ0n) is 8.77. The average Bonchev–Trinajstić information content (AvgIpc) is 2.63. The number of halogens is 2. The molecule has 0 amide bonds. The predicted octanol–water partition coefficient (Wildman–Crippen LogP) is 4.56. The van der Waals surface area contributed by atoms with Crippen molar-refractivity contribution in [2.75, 3.05) is 11.9 Å². The summed E-state index contributed by atoms with van der Waals surface area (Å²) >= 11 is 8.79. The van der Waals surface area contributed by atoms with E-state index < -0.39 is 0 Å². The summed E-state index contributed by atoms with van der Waals surface area (Å²) in [5, 5.41) is 6.74. The van der Waals surface area contributed by atoms with Crippen LogP contribution < -0.4 is 5.32 Å². The molecule has 1 aromatic heterocycles. The molecule has 1 rings (SSSR count).